The topological polar surface area (TPSA) is 104 Å². The Morgan fingerprint density at radius 1 is 1.18 bits per heavy atom. The van der Waals surface area contributed by atoms with Gasteiger partial charge in [-0.05, 0) is 23.8 Å². The fraction of sp³-hybridized carbons (Fsp3) is 0.214. The van der Waals surface area contributed by atoms with E-state index in [0.717, 1.165) is 11.6 Å². The summed E-state index contributed by atoms with van der Waals surface area (Å²) in [5, 5.41) is 13.1. The summed E-state index contributed by atoms with van der Waals surface area (Å²) >= 11 is 0. The second-order valence-electron chi connectivity index (χ2n) is 4.56. The first kappa shape index (κ1) is 13.9. The van der Waals surface area contributed by atoms with Gasteiger partial charge in [0, 0.05) is 6.54 Å². The number of rotatable bonds is 4. The Hall–Kier alpha value is -3.03. The second-order valence-corrected chi connectivity index (χ2v) is 4.56. The normalized spacial score (nSPS) is 12.7. The van der Waals surface area contributed by atoms with Crippen LogP contribution in [0.25, 0.3) is 0 Å². The summed E-state index contributed by atoms with van der Waals surface area (Å²) in [4.78, 5) is 21.7. The van der Waals surface area contributed by atoms with E-state index in [1.165, 1.54) is 6.07 Å². The van der Waals surface area contributed by atoms with Gasteiger partial charge in [-0.25, -0.2) is 0 Å². The minimum absolute atomic E-state index is 0.107. The maximum atomic E-state index is 11.9. The SMILES string of the molecule is O=C(NCc1ccc2c(c1)OCCO2)c1ccc([N+](=O)[O-])o1. The van der Waals surface area contributed by atoms with Crippen LogP contribution in [0.2, 0.25) is 0 Å². The minimum atomic E-state index is -0.697. The number of nitrogens with one attached hydrogen (secondary N) is 1. The fourth-order valence-electron chi connectivity index (χ4n) is 2.02. The average molecular weight is 304 g/mol. The van der Waals surface area contributed by atoms with Gasteiger partial charge in [0.25, 0.3) is 5.91 Å². The predicted octanol–water partition coefficient (Wildman–Crippen LogP) is 1.89. The van der Waals surface area contributed by atoms with E-state index in [1.807, 2.05) is 0 Å². The van der Waals surface area contributed by atoms with E-state index >= 15 is 0 Å². The number of carbonyl (C=O) groups is 1. The van der Waals surface area contributed by atoms with Crippen molar-refractivity contribution in [3.8, 4) is 11.5 Å². The van der Waals surface area contributed by atoms with Crippen molar-refractivity contribution in [1.82, 2.24) is 5.32 Å². The van der Waals surface area contributed by atoms with Crippen LogP contribution in [0, 0.1) is 10.1 Å². The van der Waals surface area contributed by atoms with Gasteiger partial charge in [0.05, 0.1) is 6.07 Å². The molecule has 22 heavy (non-hydrogen) atoms. The molecule has 0 radical (unpaired) electrons. The third kappa shape index (κ3) is 2.85. The summed E-state index contributed by atoms with van der Waals surface area (Å²) in [6.45, 7) is 1.24. The van der Waals surface area contributed by atoms with Crippen molar-refractivity contribution < 1.29 is 23.6 Å². The molecule has 1 aromatic carbocycles. The Morgan fingerprint density at radius 2 is 1.95 bits per heavy atom. The van der Waals surface area contributed by atoms with Crippen molar-refractivity contribution in [3.63, 3.8) is 0 Å². The molecule has 0 spiro atoms. The quantitative estimate of drug-likeness (QED) is 0.683. The molecule has 8 nitrogen and oxygen atoms in total. The zero-order valence-electron chi connectivity index (χ0n) is 11.4. The van der Waals surface area contributed by atoms with E-state index in [2.05, 4.69) is 5.32 Å². The molecule has 1 aliphatic heterocycles. The molecule has 2 aromatic rings. The number of amides is 1. The number of hydrogen-bond acceptors (Lipinski definition) is 6. The standard InChI is InChI=1S/C14H12N2O6/c17-14(11-3-4-13(22-11)16(18)19)15-8-9-1-2-10-12(7-9)21-6-5-20-10/h1-4,7H,5-6,8H2,(H,15,17). The molecule has 0 atom stereocenters. The highest BCUT2D eigenvalue weighted by molar-refractivity contribution is 5.91. The summed E-state index contributed by atoms with van der Waals surface area (Å²) in [5.74, 6) is 0.200. The van der Waals surface area contributed by atoms with E-state index < -0.39 is 16.7 Å². The Bertz CT molecular complexity index is 724. The van der Waals surface area contributed by atoms with Crippen LogP contribution in [0.5, 0.6) is 11.5 Å². The molecule has 0 unspecified atom stereocenters. The van der Waals surface area contributed by atoms with Gasteiger partial charge in [0.1, 0.15) is 18.1 Å². The molecule has 1 N–H and O–H groups in total. The van der Waals surface area contributed by atoms with E-state index in [9.17, 15) is 14.9 Å². The van der Waals surface area contributed by atoms with E-state index in [4.69, 9.17) is 13.9 Å². The van der Waals surface area contributed by atoms with Crippen LogP contribution in [0.1, 0.15) is 16.1 Å². The van der Waals surface area contributed by atoms with Crippen LogP contribution in [0.3, 0.4) is 0 Å². The number of nitro groups is 1. The lowest BCUT2D eigenvalue weighted by molar-refractivity contribution is -0.402. The molecule has 0 aliphatic carbocycles. The lowest BCUT2D eigenvalue weighted by Gasteiger charge is -2.18. The lowest BCUT2D eigenvalue weighted by atomic mass is 10.2. The van der Waals surface area contributed by atoms with E-state index in [1.54, 1.807) is 18.2 Å². The van der Waals surface area contributed by atoms with Gasteiger partial charge in [-0.1, -0.05) is 6.07 Å². The summed E-state index contributed by atoms with van der Waals surface area (Å²) in [6, 6.07) is 7.75. The smallest absolute Gasteiger partial charge is 0.433 e. The highest BCUT2D eigenvalue weighted by Crippen LogP contribution is 2.30. The molecule has 8 heteroatoms. The third-order valence-corrected chi connectivity index (χ3v) is 3.06. The predicted molar refractivity (Wildman–Crippen MR) is 74.0 cm³/mol. The summed E-state index contributed by atoms with van der Waals surface area (Å²) in [7, 11) is 0. The minimum Gasteiger partial charge on any atom is -0.486 e. The lowest BCUT2D eigenvalue weighted by Crippen LogP contribution is -2.22. The summed E-state index contributed by atoms with van der Waals surface area (Å²) < 4.78 is 15.7. The molecular weight excluding hydrogens is 292 g/mol. The summed E-state index contributed by atoms with van der Waals surface area (Å²) in [5.41, 5.74) is 0.818. The van der Waals surface area contributed by atoms with Crippen molar-refractivity contribution >= 4 is 11.8 Å². The molecule has 1 amide bonds. The monoisotopic (exact) mass is 304 g/mol. The fourth-order valence-corrected chi connectivity index (χ4v) is 2.02. The van der Waals surface area contributed by atoms with Crippen molar-refractivity contribution in [2.24, 2.45) is 0 Å². The van der Waals surface area contributed by atoms with Gasteiger partial charge in [0.2, 0.25) is 0 Å². The highest BCUT2D eigenvalue weighted by Gasteiger charge is 2.17. The molecule has 0 fully saturated rings. The van der Waals surface area contributed by atoms with Gasteiger partial charge in [-0.2, -0.15) is 0 Å². The molecule has 0 saturated heterocycles. The first-order valence-electron chi connectivity index (χ1n) is 6.54. The van der Waals surface area contributed by atoms with Crippen LogP contribution < -0.4 is 14.8 Å². The molecule has 2 heterocycles. The van der Waals surface area contributed by atoms with Crippen molar-refractivity contribution in [1.29, 1.82) is 0 Å². The van der Waals surface area contributed by atoms with Gasteiger partial charge in [-0.3, -0.25) is 14.9 Å². The Kier molecular flexibility index (Phi) is 3.65. The summed E-state index contributed by atoms with van der Waals surface area (Å²) in [6.07, 6.45) is 0. The first-order chi connectivity index (χ1) is 10.6. The van der Waals surface area contributed by atoms with Crippen LogP contribution in [0.4, 0.5) is 5.88 Å². The Labute approximate surface area is 124 Å². The largest absolute Gasteiger partial charge is 0.486 e. The molecule has 114 valence electrons. The number of fused-ring (bicyclic) bond motifs is 1. The maximum absolute atomic E-state index is 11.9. The molecule has 0 saturated carbocycles. The zero-order valence-corrected chi connectivity index (χ0v) is 11.4. The number of ether oxygens (including phenoxy) is 2. The molecular formula is C14H12N2O6. The number of furan rings is 1. The molecule has 1 aromatic heterocycles. The van der Waals surface area contributed by atoms with E-state index in [0.29, 0.717) is 24.7 Å². The molecule has 3 rings (SSSR count). The molecule has 0 bridgehead atoms. The van der Waals surface area contributed by atoms with Crippen LogP contribution in [0.15, 0.2) is 34.7 Å². The van der Waals surface area contributed by atoms with Gasteiger partial charge >= 0.3 is 5.88 Å². The second kappa shape index (κ2) is 5.76. The van der Waals surface area contributed by atoms with Crippen molar-refractivity contribution in [3.05, 3.63) is 51.8 Å². The highest BCUT2D eigenvalue weighted by atomic mass is 16.6. The number of benzene rings is 1. The zero-order chi connectivity index (χ0) is 15.5. The third-order valence-electron chi connectivity index (χ3n) is 3.06. The van der Waals surface area contributed by atoms with Gasteiger partial charge < -0.3 is 19.2 Å². The van der Waals surface area contributed by atoms with Crippen molar-refractivity contribution in [2.45, 2.75) is 6.54 Å². The number of carbonyl (C=O) groups excluding carboxylic acids is 1. The van der Waals surface area contributed by atoms with Crippen LogP contribution in [-0.4, -0.2) is 24.0 Å². The first-order valence-corrected chi connectivity index (χ1v) is 6.54. The van der Waals surface area contributed by atoms with Crippen LogP contribution in [-0.2, 0) is 6.54 Å². The number of hydrogen-bond donors (Lipinski definition) is 1. The Balaban J connectivity index is 1.64. The Morgan fingerprint density at radius 3 is 2.68 bits per heavy atom. The average Bonchev–Trinajstić information content (AvgIpc) is 3.03. The van der Waals surface area contributed by atoms with Gasteiger partial charge in [-0.15, -0.1) is 0 Å². The van der Waals surface area contributed by atoms with Gasteiger partial charge in [0.15, 0.2) is 17.3 Å². The van der Waals surface area contributed by atoms with Crippen molar-refractivity contribution in [2.75, 3.05) is 13.2 Å². The van der Waals surface area contributed by atoms with Crippen LogP contribution >= 0.6 is 0 Å². The number of nitrogens with zero attached hydrogens (tertiary/aromatic N) is 1. The van der Waals surface area contributed by atoms with E-state index in [-0.39, 0.29) is 12.3 Å². The maximum Gasteiger partial charge on any atom is 0.433 e. The molecule has 1 aliphatic rings.